The highest BCUT2D eigenvalue weighted by atomic mass is 32.2. The molecule has 4 rings (SSSR count). The van der Waals surface area contributed by atoms with Crippen molar-refractivity contribution in [2.75, 3.05) is 16.2 Å². The van der Waals surface area contributed by atoms with Gasteiger partial charge in [0.05, 0.1) is 16.3 Å². The van der Waals surface area contributed by atoms with Gasteiger partial charge >= 0.3 is 0 Å². The van der Waals surface area contributed by atoms with Crippen LogP contribution in [0.3, 0.4) is 0 Å². The van der Waals surface area contributed by atoms with Crippen LogP contribution in [-0.2, 0) is 27.7 Å². The van der Waals surface area contributed by atoms with Gasteiger partial charge in [-0.1, -0.05) is 18.2 Å². The molecular weight excluding hydrogens is 348 g/mol. The van der Waals surface area contributed by atoms with Crippen molar-refractivity contribution in [2.45, 2.75) is 43.4 Å². The molecule has 1 amide bonds. The number of amides is 1. The molecule has 0 saturated carbocycles. The number of nitrogens with one attached hydrogen (secondary N) is 1. The van der Waals surface area contributed by atoms with E-state index in [2.05, 4.69) is 4.72 Å². The molecule has 1 aliphatic heterocycles. The highest BCUT2D eigenvalue weighted by molar-refractivity contribution is 7.92. The third-order valence-electron chi connectivity index (χ3n) is 5.14. The second-order valence-electron chi connectivity index (χ2n) is 6.91. The monoisotopic (exact) mass is 370 g/mol. The number of hydrogen-bond acceptors (Lipinski definition) is 3. The van der Waals surface area contributed by atoms with E-state index in [0.717, 1.165) is 37.7 Å². The lowest BCUT2D eigenvalue weighted by molar-refractivity contribution is -0.117. The molecule has 5 nitrogen and oxygen atoms in total. The fourth-order valence-electron chi connectivity index (χ4n) is 3.78. The van der Waals surface area contributed by atoms with E-state index < -0.39 is 10.0 Å². The van der Waals surface area contributed by atoms with Gasteiger partial charge in [-0.3, -0.25) is 9.52 Å². The van der Waals surface area contributed by atoms with E-state index in [1.165, 1.54) is 5.56 Å². The number of para-hydroxylation sites is 2. The van der Waals surface area contributed by atoms with E-state index in [0.29, 0.717) is 24.3 Å². The quantitative estimate of drug-likeness (QED) is 0.896. The lowest BCUT2D eigenvalue weighted by Crippen LogP contribution is -2.25. The number of carbonyl (C=O) groups is 1. The number of anilines is 2. The fraction of sp³-hybridized carbons (Fsp3) is 0.350. The molecule has 6 heteroatoms. The highest BCUT2D eigenvalue weighted by Crippen LogP contribution is 2.32. The van der Waals surface area contributed by atoms with Crippen molar-refractivity contribution in [3.8, 4) is 0 Å². The molecule has 0 aromatic heterocycles. The van der Waals surface area contributed by atoms with E-state index in [-0.39, 0.29) is 10.8 Å². The maximum absolute atomic E-state index is 12.9. The number of hydrogen-bond donors (Lipinski definition) is 1. The molecule has 2 aromatic carbocycles. The lowest BCUT2D eigenvalue weighted by Gasteiger charge is -2.21. The fourth-order valence-corrected chi connectivity index (χ4v) is 4.90. The van der Waals surface area contributed by atoms with Gasteiger partial charge in [-0.15, -0.1) is 0 Å². The van der Waals surface area contributed by atoms with Gasteiger partial charge in [0, 0.05) is 13.0 Å². The summed E-state index contributed by atoms with van der Waals surface area (Å²) in [5, 5.41) is 0. The van der Waals surface area contributed by atoms with Gasteiger partial charge in [-0.05, 0) is 67.5 Å². The van der Waals surface area contributed by atoms with Gasteiger partial charge in [-0.25, -0.2) is 8.42 Å². The summed E-state index contributed by atoms with van der Waals surface area (Å²) in [5.41, 5.74) is 3.44. The zero-order chi connectivity index (χ0) is 18.1. The Balaban J connectivity index is 1.66. The van der Waals surface area contributed by atoms with Crippen molar-refractivity contribution < 1.29 is 13.2 Å². The number of carbonyl (C=O) groups excluding carboxylic acids is 1. The Morgan fingerprint density at radius 3 is 2.42 bits per heavy atom. The van der Waals surface area contributed by atoms with E-state index in [4.69, 9.17) is 0 Å². The number of nitrogens with zero attached hydrogens (tertiary/aromatic N) is 1. The largest absolute Gasteiger partial charge is 0.310 e. The van der Waals surface area contributed by atoms with Crippen molar-refractivity contribution in [1.82, 2.24) is 0 Å². The molecule has 0 radical (unpaired) electrons. The third kappa shape index (κ3) is 3.21. The summed E-state index contributed by atoms with van der Waals surface area (Å²) in [4.78, 5) is 14.0. The van der Waals surface area contributed by atoms with E-state index >= 15 is 0 Å². The minimum absolute atomic E-state index is 0.0328. The van der Waals surface area contributed by atoms with Crippen LogP contribution in [0.4, 0.5) is 11.4 Å². The highest BCUT2D eigenvalue weighted by Gasteiger charge is 2.25. The molecule has 1 N–H and O–H groups in total. The maximum atomic E-state index is 12.9. The Morgan fingerprint density at radius 1 is 0.885 bits per heavy atom. The van der Waals surface area contributed by atoms with Crippen LogP contribution in [-0.4, -0.2) is 20.9 Å². The third-order valence-corrected chi connectivity index (χ3v) is 6.51. The van der Waals surface area contributed by atoms with Crippen LogP contribution in [0.25, 0.3) is 0 Å². The van der Waals surface area contributed by atoms with Gasteiger partial charge in [0.2, 0.25) is 5.91 Å². The van der Waals surface area contributed by atoms with Crippen molar-refractivity contribution in [3.05, 3.63) is 53.6 Å². The second-order valence-corrected chi connectivity index (χ2v) is 8.59. The molecule has 2 aliphatic rings. The molecule has 0 bridgehead atoms. The Kier molecular flexibility index (Phi) is 4.44. The number of aryl methyl sites for hydroxylation is 2. The minimum Gasteiger partial charge on any atom is -0.310 e. The molecule has 1 heterocycles. The first kappa shape index (κ1) is 17.1. The number of benzene rings is 2. The van der Waals surface area contributed by atoms with Gasteiger partial charge in [0.25, 0.3) is 10.0 Å². The molecule has 0 spiro atoms. The van der Waals surface area contributed by atoms with Crippen LogP contribution < -0.4 is 9.62 Å². The van der Waals surface area contributed by atoms with Crippen molar-refractivity contribution in [1.29, 1.82) is 0 Å². The van der Waals surface area contributed by atoms with Crippen LogP contribution >= 0.6 is 0 Å². The summed E-state index contributed by atoms with van der Waals surface area (Å²) in [6.07, 6.45) is 5.51. The van der Waals surface area contributed by atoms with E-state index in [9.17, 15) is 13.2 Å². The lowest BCUT2D eigenvalue weighted by atomic mass is 9.92. The molecular formula is C20H22N2O3S. The van der Waals surface area contributed by atoms with Crippen LogP contribution in [0.5, 0.6) is 0 Å². The average molecular weight is 370 g/mol. The Hall–Kier alpha value is -2.34. The number of rotatable bonds is 4. The van der Waals surface area contributed by atoms with Crippen LogP contribution in [0, 0.1) is 0 Å². The molecule has 26 heavy (non-hydrogen) atoms. The molecule has 1 aliphatic carbocycles. The summed E-state index contributed by atoms with van der Waals surface area (Å²) in [5.74, 6) is 0.0328. The molecule has 1 saturated heterocycles. The Morgan fingerprint density at radius 2 is 1.65 bits per heavy atom. The summed E-state index contributed by atoms with van der Waals surface area (Å²) in [7, 11) is -3.70. The van der Waals surface area contributed by atoms with Crippen LogP contribution in [0.2, 0.25) is 0 Å². The predicted molar refractivity (Wildman–Crippen MR) is 102 cm³/mol. The van der Waals surface area contributed by atoms with Gasteiger partial charge in [-0.2, -0.15) is 0 Å². The van der Waals surface area contributed by atoms with E-state index in [1.54, 1.807) is 35.2 Å². The predicted octanol–water partition coefficient (Wildman–Crippen LogP) is 3.49. The van der Waals surface area contributed by atoms with E-state index in [1.807, 2.05) is 12.1 Å². The minimum atomic E-state index is -3.70. The Bertz CT molecular complexity index is 953. The number of sulfonamides is 1. The maximum Gasteiger partial charge on any atom is 0.261 e. The summed E-state index contributed by atoms with van der Waals surface area (Å²) in [6.45, 7) is 0.621. The smallest absolute Gasteiger partial charge is 0.261 e. The summed E-state index contributed by atoms with van der Waals surface area (Å²) in [6, 6.07) is 12.5. The second kappa shape index (κ2) is 6.76. The standard InChI is InChI=1S/C20H22N2O3S/c23-20-10-5-13-22(20)19-9-4-3-8-18(19)21-26(24,25)17-12-11-15-6-1-2-7-16(15)14-17/h3-4,8-9,11-12,14,21H,1-2,5-7,10,13H2. The normalized spacial score (nSPS) is 17.2. The first-order valence-corrected chi connectivity index (χ1v) is 10.6. The molecule has 0 atom stereocenters. The zero-order valence-corrected chi connectivity index (χ0v) is 15.4. The molecule has 1 fully saturated rings. The van der Waals surface area contributed by atoms with Crippen molar-refractivity contribution >= 4 is 27.3 Å². The average Bonchev–Trinajstić information content (AvgIpc) is 3.07. The van der Waals surface area contributed by atoms with Gasteiger partial charge < -0.3 is 4.90 Å². The first-order chi connectivity index (χ1) is 12.5. The summed E-state index contributed by atoms with van der Waals surface area (Å²) < 4.78 is 28.5. The first-order valence-electron chi connectivity index (χ1n) is 9.09. The SMILES string of the molecule is O=C1CCCN1c1ccccc1NS(=O)(=O)c1ccc2c(c1)CCCC2. The zero-order valence-electron chi connectivity index (χ0n) is 14.6. The molecule has 136 valence electrons. The van der Waals surface area contributed by atoms with Crippen molar-refractivity contribution in [2.24, 2.45) is 0 Å². The van der Waals surface area contributed by atoms with Gasteiger partial charge in [0.15, 0.2) is 0 Å². The Labute approximate surface area is 154 Å². The van der Waals surface area contributed by atoms with Crippen LogP contribution in [0.15, 0.2) is 47.4 Å². The number of fused-ring (bicyclic) bond motifs is 1. The molecule has 2 aromatic rings. The summed E-state index contributed by atoms with van der Waals surface area (Å²) >= 11 is 0. The molecule has 0 unspecified atom stereocenters. The van der Waals surface area contributed by atoms with Crippen LogP contribution in [0.1, 0.15) is 36.8 Å². The topological polar surface area (TPSA) is 66.5 Å². The van der Waals surface area contributed by atoms with Gasteiger partial charge in [0.1, 0.15) is 0 Å². The van der Waals surface area contributed by atoms with Crippen molar-refractivity contribution in [3.63, 3.8) is 0 Å².